The molecule has 20 nitrogen and oxygen atoms in total. The van der Waals surface area contributed by atoms with Gasteiger partial charge in [0, 0.05) is 29.8 Å². The summed E-state index contributed by atoms with van der Waals surface area (Å²) in [7, 11) is -15.9. The minimum Gasteiger partial charge on any atom is -0.370 e. The molecule has 0 saturated carbocycles. The number of para-hydroxylation sites is 1. The molecule has 0 saturated heterocycles. The number of pyridine rings is 1. The smallest absolute Gasteiger partial charge is 0.328 e. The van der Waals surface area contributed by atoms with Gasteiger partial charge in [-0.1, -0.05) is 53.5 Å². The SMILES string of the molecule is Cc1cccc(Nc2ccncc2S(=O)(=O)NC(=O)NC(C)C)c1.Cc1ccccc1N1C(=O)c2cc(S(N)(=O)=O)c(Cl)cc2NC1C.NS(=O)(=O)c1cc2c(cc1Cl)NCNS2(=O)=O. The number of amides is 3. The van der Waals surface area contributed by atoms with Crippen LogP contribution in [0.2, 0.25) is 10.0 Å². The highest BCUT2D eigenvalue weighted by Crippen LogP contribution is 2.36. The van der Waals surface area contributed by atoms with Crippen molar-refractivity contribution in [3.63, 3.8) is 0 Å². The van der Waals surface area contributed by atoms with Gasteiger partial charge >= 0.3 is 6.03 Å². The van der Waals surface area contributed by atoms with Crippen LogP contribution in [0.3, 0.4) is 0 Å². The first kappa shape index (κ1) is 50.4. The molecular formula is C39H44Cl2N10O10S4. The summed E-state index contributed by atoms with van der Waals surface area (Å²) in [6.07, 6.45) is 2.36. The Morgan fingerprint density at radius 1 is 0.862 bits per heavy atom. The molecule has 0 bridgehead atoms. The Bertz CT molecular complexity index is 3120. The van der Waals surface area contributed by atoms with E-state index in [-0.39, 0.29) is 60.8 Å². The fourth-order valence-corrected chi connectivity index (χ4v) is 10.7. The maximum Gasteiger partial charge on any atom is 0.328 e. The number of hydrogen-bond donors (Lipinski definition) is 8. The van der Waals surface area contributed by atoms with Crippen LogP contribution in [0.1, 0.15) is 42.3 Å². The second-order valence-corrected chi connectivity index (χ2v) is 21.8. The van der Waals surface area contributed by atoms with Crippen molar-refractivity contribution in [2.75, 3.05) is 27.5 Å². The van der Waals surface area contributed by atoms with Gasteiger partial charge in [0.15, 0.2) is 0 Å². The lowest BCUT2D eigenvalue weighted by atomic mass is 10.1. The molecule has 2 aliphatic heterocycles. The van der Waals surface area contributed by atoms with Gasteiger partial charge in [-0.25, -0.2) is 53.5 Å². The number of primary sulfonamides is 2. The van der Waals surface area contributed by atoms with E-state index in [4.69, 9.17) is 33.5 Å². The van der Waals surface area contributed by atoms with Gasteiger partial charge in [-0.05, 0) is 94.3 Å². The minimum absolute atomic E-state index is 0.0143. The lowest BCUT2D eigenvalue weighted by molar-refractivity contribution is 0.0976. The molecule has 0 spiro atoms. The summed E-state index contributed by atoms with van der Waals surface area (Å²) in [5, 5.41) is 21.4. The van der Waals surface area contributed by atoms with E-state index >= 15 is 0 Å². The normalized spacial score (nSPS) is 15.3. The van der Waals surface area contributed by atoms with E-state index in [0.29, 0.717) is 11.4 Å². The van der Waals surface area contributed by atoms with E-state index < -0.39 is 51.0 Å². The first-order valence-corrected chi connectivity index (χ1v) is 25.7. The maximum atomic E-state index is 13.0. The summed E-state index contributed by atoms with van der Waals surface area (Å²) in [5.41, 5.74) is 4.72. The van der Waals surface area contributed by atoms with Gasteiger partial charge in [0.05, 0.1) is 39.3 Å². The zero-order valence-electron chi connectivity index (χ0n) is 35.0. The van der Waals surface area contributed by atoms with Gasteiger partial charge in [-0.3, -0.25) is 14.7 Å². The van der Waals surface area contributed by atoms with Crippen LogP contribution in [0.4, 0.5) is 33.2 Å². The molecule has 0 fully saturated rings. The number of aromatic nitrogens is 1. The van der Waals surface area contributed by atoms with E-state index in [0.717, 1.165) is 28.6 Å². The lowest BCUT2D eigenvalue weighted by Gasteiger charge is -2.37. The number of urea groups is 1. The summed E-state index contributed by atoms with van der Waals surface area (Å²) in [5.74, 6) is -0.313. The number of anilines is 5. The van der Waals surface area contributed by atoms with Crippen molar-refractivity contribution in [1.82, 2.24) is 19.7 Å². The number of carbonyl (C=O) groups is 2. The molecular weight excluding hydrogens is 968 g/mol. The van der Waals surface area contributed by atoms with Crippen molar-refractivity contribution < 1.29 is 43.3 Å². The zero-order valence-corrected chi connectivity index (χ0v) is 39.8. The van der Waals surface area contributed by atoms with Crippen LogP contribution in [-0.2, 0) is 40.1 Å². The molecule has 0 radical (unpaired) electrons. The Balaban J connectivity index is 0.000000186. The fraction of sp³-hybridized carbons (Fsp3) is 0.205. The third kappa shape index (κ3) is 12.4. The predicted molar refractivity (Wildman–Crippen MR) is 248 cm³/mol. The molecule has 0 aliphatic carbocycles. The highest BCUT2D eigenvalue weighted by Gasteiger charge is 2.33. The summed E-state index contributed by atoms with van der Waals surface area (Å²) < 4.78 is 98.1. The molecule has 1 atom stereocenters. The molecule has 348 valence electrons. The van der Waals surface area contributed by atoms with Crippen LogP contribution in [0.25, 0.3) is 0 Å². The summed E-state index contributed by atoms with van der Waals surface area (Å²) in [6, 6.07) is 20.3. The average molecular weight is 1010 g/mol. The number of nitrogens with two attached hydrogens (primary N) is 2. The summed E-state index contributed by atoms with van der Waals surface area (Å²) in [4.78, 5) is 29.1. The molecule has 1 unspecified atom stereocenters. The first-order chi connectivity index (χ1) is 30.2. The number of aryl methyl sites for hydroxylation is 2. The van der Waals surface area contributed by atoms with Crippen LogP contribution in [0.15, 0.2) is 111 Å². The minimum atomic E-state index is -4.07. The number of sulfonamides is 4. The van der Waals surface area contributed by atoms with Crippen molar-refractivity contribution in [3.8, 4) is 0 Å². The predicted octanol–water partition coefficient (Wildman–Crippen LogP) is 4.89. The summed E-state index contributed by atoms with van der Waals surface area (Å²) in [6.45, 7) is 9.17. The number of carbonyl (C=O) groups excluding carboxylic acids is 2. The van der Waals surface area contributed by atoms with Crippen molar-refractivity contribution in [3.05, 3.63) is 118 Å². The number of nitrogens with one attached hydrogen (secondary N) is 6. The van der Waals surface area contributed by atoms with Gasteiger partial charge < -0.3 is 21.3 Å². The Labute approximate surface area is 386 Å². The highest BCUT2D eigenvalue weighted by atomic mass is 35.5. The summed E-state index contributed by atoms with van der Waals surface area (Å²) >= 11 is 11.7. The Hall–Kier alpha value is -5.57. The van der Waals surface area contributed by atoms with Crippen LogP contribution < -0.4 is 45.9 Å². The molecule has 1 aromatic heterocycles. The number of rotatable bonds is 8. The maximum absolute atomic E-state index is 13.0. The second-order valence-electron chi connectivity index (χ2n) is 14.6. The fourth-order valence-electron chi connectivity index (χ4n) is 6.28. The van der Waals surface area contributed by atoms with Gasteiger partial charge in [0.1, 0.15) is 25.7 Å². The topological polar surface area (TPSA) is 311 Å². The van der Waals surface area contributed by atoms with Crippen LogP contribution in [0.5, 0.6) is 0 Å². The van der Waals surface area contributed by atoms with Gasteiger partial charge in [-0.2, -0.15) is 4.72 Å². The van der Waals surface area contributed by atoms with Crippen LogP contribution >= 0.6 is 23.2 Å². The molecule has 4 aromatic carbocycles. The number of fused-ring (bicyclic) bond motifs is 2. The van der Waals surface area contributed by atoms with Gasteiger partial charge in [0.25, 0.3) is 15.9 Å². The number of halogens is 2. The Morgan fingerprint density at radius 2 is 1.49 bits per heavy atom. The van der Waals surface area contributed by atoms with Crippen molar-refractivity contribution in [1.29, 1.82) is 0 Å². The zero-order chi connectivity index (χ0) is 48.2. The van der Waals surface area contributed by atoms with E-state index in [1.165, 1.54) is 36.7 Å². The van der Waals surface area contributed by atoms with Gasteiger partial charge in [-0.15, -0.1) is 0 Å². The molecule has 5 aromatic rings. The molecule has 10 N–H and O–H groups in total. The van der Waals surface area contributed by atoms with E-state index in [2.05, 4.69) is 31.0 Å². The van der Waals surface area contributed by atoms with Crippen molar-refractivity contribution >= 4 is 104 Å². The third-order valence-electron chi connectivity index (χ3n) is 9.14. The number of hydrogen-bond acceptors (Lipinski definition) is 14. The van der Waals surface area contributed by atoms with E-state index in [1.807, 2.05) is 74.0 Å². The van der Waals surface area contributed by atoms with Crippen LogP contribution in [-0.4, -0.2) is 69.5 Å². The van der Waals surface area contributed by atoms with Gasteiger partial charge in [0.2, 0.25) is 30.1 Å². The lowest BCUT2D eigenvalue weighted by Crippen LogP contribution is -2.47. The monoisotopic (exact) mass is 1010 g/mol. The van der Waals surface area contributed by atoms with Crippen molar-refractivity contribution in [2.24, 2.45) is 10.3 Å². The quantitative estimate of drug-likeness (QED) is 0.103. The Kier molecular flexibility index (Phi) is 15.4. The standard InChI is InChI=1S/C16H16ClN3O3S.C16H20N4O3S.C7H8ClN3O4S2/c1-9-5-3-4-6-14(9)20-10(2)19-13-8-12(17)15(24(18,22)23)7-11(13)16(20)21;1-11(2)18-16(21)20-24(22,23)15-10-17-8-7-14(15)19-13-6-4-5-12(3)9-13;8-4-1-5-7(2-6(4)16(9,12)13)17(14,15)11-3-10-5/h3-8,10,19H,1-2H3,(H2,18,22,23);4-11H,1-3H3,(H,17,19)(H2,18,20,21);1-2,10-11H,3H2,(H2,9,12,13). The third-order valence-corrected chi connectivity index (χ3v) is 14.7. The molecule has 2 aliphatic rings. The number of nitrogens with zero attached hydrogens (tertiary/aromatic N) is 2. The largest absolute Gasteiger partial charge is 0.370 e. The molecule has 26 heteroatoms. The highest BCUT2D eigenvalue weighted by molar-refractivity contribution is 7.90. The molecule has 3 heterocycles. The molecule has 7 rings (SSSR count). The molecule has 65 heavy (non-hydrogen) atoms. The average Bonchev–Trinajstić information content (AvgIpc) is 3.17. The van der Waals surface area contributed by atoms with Crippen molar-refractivity contribution in [2.45, 2.75) is 66.4 Å². The number of benzene rings is 4. The van der Waals surface area contributed by atoms with E-state index in [1.54, 1.807) is 18.7 Å². The first-order valence-electron chi connectivity index (χ1n) is 18.9. The van der Waals surface area contributed by atoms with Crippen LogP contribution in [0, 0.1) is 13.8 Å². The Morgan fingerprint density at radius 3 is 2.11 bits per heavy atom. The second kappa shape index (κ2) is 19.9. The molecule has 3 amide bonds. The van der Waals surface area contributed by atoms with E-state index in [9.17, 15) is 43.3 Å².